The monoisotopic (exact) mass is 369 g/mol. The summed E-state index contributed by atoms with van der Waals surface area (Å²) >= 11 is 3.32. The van der Waals surface area contributed by atoms with Crippen LogP contribution < -0.4 is 4.72 Å². The molecule has 0 bridgehead atoms. The molecule has 0 spiro atoms. The Morgan fingerprint density at radius 3 is 2.33 bits per heavy atom. The molecule has 0 heterocycles. The highest BCUT2D eigenvalue weighted by Crippen LogP contribution is 2.24. The van der Waals surface area contributed by atoms with Crippen molar-refractivity contribution in [2.24, 2.45) is 0 Å². The fourth-order valence-electron chi connectivity index (χ4n) is 1.83. The normalized spacial score (nSPS) is 13.0. The molecule has 2 rings (SSSR count). The lowest BCUT2D eigenvalue weighted by Gasteiger charge is -2.12. The Balaban J connectivity index is 2.31. The number of hydrogen-bond donors (Lipinski definition) is 2. The number of sulfonamides is 1. The zero-order valence-electron chi connectivity index (χ0n) is 11.7. The molecule has 0 aliphatic carbocycles. The minimum absolute atomic E-state index is 0.159. The van der Waals surface area contributed by atoms with E-state index < -0.39 is 16.1 Å². The van der Waals surface area contributed by atoms with Gasteiger partial charge >= 0.3 is 0 Å². The van der Waals surface area contributed by atoms with E-state index in [4.69, 9.17) is 0 Å². The second-order valence-electron chi connectivity index (χ2n) is 4.81. The van der Waals surface area contributed by atoms with Crippen LogP contribution in [0.3, 0.4) is 0 Å². The molecular formula is C15H16BrNO3S. The molecule has 0 aliphatic heterocycles. The van der Waals surface area contributed by atoms with E-state index in [9.17, 15) is 13.5 Å². The molecule has 2 aromatic rings. The van der Waals surface area contributed by atoms with Crippen molar-refractivity contribution in [3.8, 4) is 0 Å². The SMILES string of the molecule is Cc1ccc(Br)cc1NS(=O)(=O)c1ccc(C(C)O)cc1. The molecule has 2 N–H and O–H groups in total. The van der Waals surface area contributed by atoms with Gasteiger partial charge in [0.2, 0.25) is 0 Å². The second kappa shape index (κ2) is 6.17. The summed E-state index contributed by atoms with van der Waals surface area (Å²) < 4.78 is 28.1. The van der Waals surface area contributed by atoms with E-state index in [1.165, 1.54) is 12.1 Å². The first kappa shape index (κ1) is 16.0. The maximum atomic E-state index is 12.4. The van der Waals surface area contributed by atoms with E-state index >= 15 is 0 Å². The molecule has 0 saturated carbocycles. The lowest BCUT2D eigenvalue weighted by atomic mass is 10.1. The van der Waals surface area contributed by atoms with Crippen molar-refractivity contribution in [2.45, 2.75) is 24.8 Å². The van der Waals surface area contributed by atoms with Crippen LogP contribution in [-0.4, -0.2) is 13.5 Å². The van der Waals surface area contributed by atoms with Gasteiger partial charge in [0.05, 0.1) is 16.7 Å². The molecule has 0 fully saturated rings. The molecule has 0 amide bonds. The molecule has 4 nitrogen and oxygen atoms in total. The summed E-state index contributed by atoms with van der Waals surface area (Å²) in [5.74, 6) is 0. The van der Waals surface area contributed by atoms with Crippen LogP contribution in [0.25, 0.3) is 0 Å². The summed E-state index contributed by atoms with van der Waals surface area (Å²) in [4.78, 5) is 0.159. The molecular weight excluding hydrogens is 354 g/mol. The number of nitrogens with one attached hydrogen (secondary N) is 1. The van der Waals surface area contributed by atoms with Crippen LogP contribution in [0.15, 0.2) is 51.8 Å². The van der Waals surface area contributed by atoms with Gasteiger partial charge in [0.15, 0.2) is 0 Å². The van der Waals surface area contributed by atoms with Gasteiger partial charge in [0.1, 0.15) is 0 Å². The summed E-state index contributed by atoms with van der Waals surface area (Å²) in [5, 5.41) is 9.45. The van der Waals surface area contributed by atoms with Crippen LogP contribution in [-0.2, 0) is 10.0 Å². The third-order valence-electron chi connectivity index (χ3n) is 3.12. The van der Waals surface area contributed by atoms with Gasteiger partial charge in [-0.05, 0) is 49.2 Å². The third-order valence-corrected chi connectivity index (χ3v) is 4.99. The van der Waals surface area contributed by atoms with Crippen molar-refractivity contribution < 1.29 is 13.5 Å². The second-order valence-corrected chi connectivity index (χ2v) is 7.41. The third kappa shape index (κ3) is 3.84. The van der Waals surface area contributed by atoms with Gasteiger partial charge in [-0.25, -0.2) is 8.42 Å². The van der Waals surface area contributed by atoms with Crippen molar-refractivity contribution >= 4 is 31.6 Å². The maximum absolute atomic E-state index is 12.4. The minimum atomic E-state index is -3.65. The lowest BCUT2D eigenvalue weighted by Crippen LogP contribution is -2.13. The van der Waals surface area contributed by atoms with E-state index in [-0.39, 0.29) is 4.90 Å². The molecule has 0 radical (unpaired) electrons. The Morgan fingerprint density at radius 2 is 1.76 bits per heavy atom. The standard InChI is InChI=1S/C15H16BrNO3S/c1-10-3-6-13(16)9-15(10)17-21(19,20)14-7-4-12(5-8-14)11(2)18/h3-9,11,17-18H,1-2H3. The Hall–Kier alpha value is -1.37. The molecule has 112 valence electrons. The largest absolute Gasteiger partial charge is 0.389 e. The van der Waals surface area contributed by atoms with Crippen LogP contribution >= 0.6 is 15.9 Å². The van der Waals surface area contributed by atoms with Gasteiger partial charge < -0.3 is 5.11 Å². The smallest absolute Gasteiger partial charge is 0.261 e. The molecule has 1 atom stereocenters. The highest BCUT2D eigenvalue weighted by atomic mass is 79.9. The first-order valence-corrected chi connectivity index (χ1v) is 8.64. The zero-order valence-corrected chi connectivity index (χ0v) is 14.1. The molecule has 2 aromatic carbocycles. The van der Waals surface area contributed by atoms with Crippen molar-refractivity contribution in [1.29, 1.82) is 0 Å². The van der Waals surface area contributed by atoms with E-state index in [0.717, 1.165) is 10.0 Å². The fraction of sp³-hybridized carbons (Fsp3) is 0.200. The first-order chi connectivity index (χ1) is 9.79. The first-order valence-electron chi connectivity index (χ1n) is 6.36. The van der Waals surface area contributed by atoms with Gasteiger partial charge in [0, 0.05) is 4.47 Å². The predicted molar refractivity (Wildman–Crippen MR) is 86.8 cm³/mol. The number of rotatable bonds is 4. The van der Waals surface area contributed by atoms with Crippen molar-refractivity contribution in [1.82, 2.24) is 0 Å². The topological polar surface area (TPSA) is 66.4 Å². The fourth-order valence-corrected chi connectivity index (χ4v) is 3.32. The van der Waals surface area contributed by atoms with Gasteiger partial charge in [0.25, 0.3) is 10.0 Å². The van der Waals surface area contributed by atoms with Crippen LogP contribution in [0, 0.1) is 6.92 Å². The summed E-state index contributed by atoms with van der Waals surface area (Å²) in [7, 11) is -3.65. The molecule has 6 heteroatoms. The Kier molecular flexibility index (Phi) is 4.70. The molecule has 0 saturated heterocycles. The van der Waals surface area contributed by atoms with Crippen LogP contribution in [0.2, 0.25) is 0 Å². The molecule has 0 aliphatic rings. The summed E-state index contributed by atoms with van der Waals surface area (Å²) in [5.41, 5.74) is 2.04. The van der Waals surface area contributed by atoms with Gasteiger partial charge in [-0.15, -0.1) is 0 Å². The highest BCUT2D eigenvalue weighted by Gasteiger charge is 2.15. The quantitative estimate of drug-likeness (QED) is 0.864. The Morgan fingerprint density at radius 1 is 1.14 bits per heavy atom. The highest BCUT2D eigenvalue weighted by molar-refractivity contribution is 9.10. The van der Waals surface area contributed by atoms with Crippen LogP contribution in [0.1, 0.15) is 24.2 Å². The van der Waals surface area contributed by atoms with Crippen molar-refractivity contribution in [3.63, 3.8) is 0 Å². The number of hydrogen-bond acceptors (Lipinski definition) is 3. The minimum Gasteiger partial charge on any atom is -0.389 e. The number of aryl methyl sites for hydroxylation is 1. The average Bonchev–Trinajstić information content (AvgIpc) is 2.43. The molecule has 1 unspecified atom stereocenters. The van der Waals surface area contributed by atoms with Crippen LogP contribution in [0.4, 0.5) is 5.69 Å². The van der Waals surface area contributed by atoms with Crippen molar-refractivity contribution in [3.05, 3.63) is 58.1 Å². The van der Waals surface area contributed by atoms with E-state index in [0.29, 0.717) is 11.3 Å². The number of anilines is 1. The van der Waals surface area contributed by atoms with Crippen molar-refractivity contribution in [2.75, 3.05) is 4.72 Å². The zero-order chi connectivity index (χ0) is 15.6. The number of halogens is 1. The lowest BCUT2D eigenvalue weighted by molar-refractivity contribution is 0.199. The van der Waals surface area contributed by atoms with E-state index in [1.807, 2.05) is 19.1 Å². The van der Waals surface area contributed by atoms with Crippen LogP contribution in [0.5, 0.6) is 0 Å². The molecule has 21 heavy (non-hydrogen) atoms. The maximum Gasteiger partial charge on any atom is 0.261 e. The van der Waals surface area contributed by atoms with E-state index in [2.05, 4.69) is 20.7 Å². The predicted octanol–water partition coefficient (Wildman–Crippen LogP) is 3.61. The number of aliphatic hydroxyl groups is 1. The summed E-state index contributed by atoms with van der Waals surface area (Å²) in [6, 6.07) is 11.6. The average molecular weight is 370 g/mol. The summed E-state index contributed by atoms with van der Waals surface area (Å²) in [6.07, 6.45) is -0.623. The van der Waals surface area contributed by atoms with Gasteiger partial charge in [-0.1, -0.05) is 34.1 Å². The Labute approximate surface area is 133 Å². The summed E-state index contributed by atoms with van der Waals surface area (Å²) in [6.45, 7) is 3.47. The van der Waals surface area contributed by atoms with Gasteiger partial charge in [-0.3, -0.25) is 4.72 Å². The Bertz CT molecular complexity index is 740. The molecule has 0 aromatic heterocycles. The van der Waals surface area contributed by atoms with E-state index in [1.54, 1.807) is 25.1 Å². The number of benzene rings is 2. The number of aliphatic hydroxyl groups excluding tert-OH is 1. The van der Waals surface area contributed by atoms with Gasteiger partial charge in [-0.2, -0.15) is 0 Å².